The molecule has 0 atom stereocenters. The predicted octanol–water partition coefficient (Wildman–Crippen LogP) is 4.74. The van der Waals surface area contributed by atoms with E-state index in [1.165, 1.54) is 6.08 Å². The van der Waals surface area contributed by atoms with Crippen LogP contribution in [0.5, 0.6) is 5.75 Å². The number of ether oxygens (including phenoxy) is 1. The summed E-state index contributed by atoms with van der Waals surface area (Å²) in [6, 6.07) is 14.3. The Morgan fingerprint density at radius 1 is 1.22 bits per heavy atom. The fraction of sp³-hybridized carbons (Fsp3) is 0.238. The van der Waals surface area contributed by atoms with E-state index in [1.54, 1.807) is 31.4 Å². The predicted molar refractivity (Wildman–Crippen MR) is 110 cm³/mol. The summed E-state index contributed by atoms with van der Waals surface area (Å²) < 4.78 is 5.45. The average Bonchev–Trinajstić information content (AvgIpc) is 2.69. The number of halogens is 1. The number of amides is 1. The lowest BCUT2D eigenvalue weighted by molar-refractivity contribution is -0.112. The summed E-state index contributed by atoms with van der Waals surface area (Å²) in [5.41, 5.74) is 2.24. The fourth-order valence-electron chi connectivity index (χ4n) is 2.64. The quantitative estimate of drug-likeness (QED) is 0.554. The van der Waals surface area contributed by atoms with Gasteiger partial charge in [-0.05, 0) is 56.3 Å². The second-order valence-electron chi connectivity index (χ2n) is 5.73. The van der Waals surface area contributed by atoms with Crippen LogP contribution in [-0.2, 0) is 4.79 Å². The minimum atomic E-state index is -0.491. The molecule has 140 valence electrons. The zero-order valence-electron chi connectivity index (χ0n) is 15.6. The van der Waals surface area contributed by atoms with Crippen LogP contribution in [-0.4, -0.2) is 26.1 Å². The average molecular weight is 384 g/mol. The normalized spacial score (nSPS) is 10.9. The molecule has 1 N–H and O–H groups in total. The zero-order valence-corrected chi connectivity index (χ0v) is 16.4. The van der Waals surface area contributed by atoms with Gasteiger partial charge in [-0.1, -0.05) is 11.6 Å². The number of hydrogen-bond acceptors (Lipinski definition) is 4. The highest BCUT2D eigenvalue weighted by Gasteiger charge is 2.12. The van der Waals surface area contributed by atoms with E-state index in [9.17, 15) is 10.1 Å². The van der Waals surface area contributed by atoms with Gasteiger partial charge in [0.2, 0.25) is 0 Å². The van der Waals surface area contributed by atoms with E-state index in [2.05, 4.69) is 24.1 Å². The summed E-state index contributed by atoms with van der Waals surface area (Å²) in [5.74, 6) is 0.112. The number of rotatable bonds is 7. The van der Waals surface area contributed by atoms with Crippen molar-refractivity contribution in [3.05, 3.63) is 58.6 Å². The van der Waals surface area contributed by atoms with Gasteiger partial charge < -0.3 is 15.0 Å². The molecule has 0 unspecified atom stereocenters. The molecule has 0 saturated heterocycles. The van der Waals surface area contributed by atoms with Crippen LogP contribution in [0.3, 0.4) is 0 Å². The smallest absolute Gasteiger partial charge is 0.266 e. The van der Waals surface area contributed by atoms with Crippen molar-refractivity contribution in [3.63, 3.8) is 0 Å². The van der Waals surface area contributed by atoms with Gasteiger partial charge in [-0.15, -0.1) is 0 Å². The van der Waals surface area contributed by atoms with Crippen LogP contribution in [0.1, 0.15) is 19.4 Å². The summed E-state index contributed by atoms with van der Waals surface area (Å²) >= 11 is 5.84. The van der Waals surface area contributed by atoms with Crippen molar-refractivity contribution < 1.29 is 9.53 Å². The summed E-state index contributed by atoms with van der Waals surface area (Å²) in [7, 11) is 1.57. The van der Waals surface area contributed by atoms with Gasteiger partial charge >= 0.3 is 0 Å². The summed E-state index contributed by atoms with van der Waals surface area (Å²) in [6.45, 7) is 5.92. The highest BCUT2D eigenvalue weighted by molar-refractivity contribution is 6.30. The first-order valence-corrected chi connectivity index (χ1v) is 9.01. The molecule has 0 aliphatic carbocycles. The van der Waals surface area contributed by atoms with Gasteiger partial charge in [0, 0.05) is 41.1 Å². The molecular formula is C21H22ClN3O2. The Labute approximate surface area is 164 Å². The van der Waals surface area contributed by atoms with Crippen LogP contribution in [0, 0.1) is 11.3 Å². The molecule has 0 aliphatic rings. The molecular weight excluding hydrogens is 362 g/mol. The van der Waals surface area contributed by atoms with E-state index in [1.807, 2.05) is 24.3 Å². The Morgan fingerprint density at radius 3 is 2.44 bits per heavy atom. The third kappa shape index (κ3) is 5.25. The molecule has 27 heavy (non-hydrogen) atoms. The first-order valence-electron chi connectivity index (χ1n) is 8.64. The Kier molecular flexibility index (Phi) is 7.27. The SMILES string of the molecule is CCN(CC)c1ccc(/C=C(/C#N)C(=O)Nc2ccc(Cl)cc2)c(OC)c1. The minimum Gasteiger partial charge on any atom is -0.496 e. The monoisotopic (exact) mass is 383 g/mol. The molecule has 0 fully saturated rings. The molecule has 0 bridgehead atoms. The number of methoxy groups -OCH3 is 1. The van der Waals surface area contributed by atoms with Crippen LogP contribution in [0.2, 0.25) is 5.02 Å². The van der Waals surface area contributed by atoms with Crippen molar-refractivity contribution in [1.29, 1.82) is 5.26 Å². The standard InChI is InChI=1S/C21H22ClN3O2/c1-4-25(5-2)19-11-6-15(20(13-19)27-3)12-16(14-23)21(26)24-18-9-7-17(22)8-10-18/h6-13H,4-5H2,1-3H3,(H,24,26)/b16-12-. The van der Waals surface area contributed by atoms with Gasteiger partial charge in [0.1, 0.15) is 17.4 Å². The molecule has 0 spiro atoms. The summed E-state index contributed by atoms with van der Waals surface area (Å²) in [4.78, 5) is 14.6. The number of nitriles is 1. The number of nitrogens with one attached hydrogen (secondary N) is 1. The lowest BCUT2D eigenvalue weighted by Gasteiger charge is -2.22. The molecule has 2 aromatic rings. The molecule has 2 rings (SSSR count). The Bertz CT molecular complexity index is 866. The van der Waals surface area contributed by atoms with Gasteiger partial charge in [-0.2, -0.15) is 5.26 Å². The van der Waals surface area contributed by atoms with Crippen molar-refractivity contribution in [1.82, 2.24) is 0 Å². The highest BCUT2D eigenvalue weighted by Crippen LogP contribution is 2.27. The van der Waals surface area contributed by atoms with E-state index >= 15 is 0 Å². The topological polar surface area (TPSA) is 65.4 Å². The van der Waals surface area contributed by atoms with Gasteiger partial charge in [-0.25, -0.2) is 0 Å². The molecule has 6 heteroatoms. The third-order valence-electron chi connectivity index (χ3n) is 4.11. The lowest BCUT2D eigenvalue weighted by atomic mass is 10.1. The Hall–Kier alpha value is -2.97. The van der Waals surface area contributed by atoms with Crippen molar-refractivity contribution in [2.24, 2.45) is 0 Å². The maximum atomic E-state index is 12.4. The maximum Gasteiger partial charge on any atom is 0.266 e. The largest absolute Gasteiger partial charge is 0.496 e. The van der Waals surface area contributed by atoms with Gasteiger partial charge in [0.15, 0.2) is 0 Å². The first-order chi connectivity index (χ1) is 13.0. The number of carbonyl (C=O) groups excluding carboxylic acids is 1. The van der Waals surface area contributed by atoms with Crippen molar-refractivity contribution in [2.45, 2.75) is 13.8 Å². The van der Waals surface area contributed by atoms with E-state index in [0.717, 1.165) is 18.8 Å². The second kappa shape index (κ2) is 9.65. The Morgan fingerprint density at radius 2 is 1.89 bits per heavy atom. The van der Waals surface area contributed by atoms with Crippen LogP contribution < -0.4 is 15.0 Å². The van der Waals surface area contributed by atoms with E-state index in [-0.39, 0.29) is 5.57 Å². The lowest BCUT2D eigenvalue weighted by Crippen LogP contribution is -2.21. The maximum absolute atomic E-state index is 12.4. The first kappa shape index (κ1) is 20.3. The number of hydrogen-bond donors (Lipinski definition) is 1. The zero-order chi connectivity index (χ0) is 19.8. The van der Waals surface area contributed by atoms with Crippen molar-refractivity contribution in [2.75, 3.05) is 30.4 Å². The molecule has 0 radical (unpaired) electrons. The van der Waals surface area contributed by atoms with Crippen molar-refractivity contribution in [3.8, 4) is 11.8 Å². The molecule has 5 nitrogen and oxygen atoms in total. The second-order valence-corrected chi connectivity index (χ2v) is 6.17. The minimum absolute atomic E-state index is 0.0150. The van der Waals surface area contributed by atoms with Crippen LogP contribution in [0.4, 0.5) is 11.4 Å². The molecule has 0 aromatic heterocycles. The Balaban J connectivity index is 2.29. The van der Waals surface area contributed by atoms with E-state index < -0.39 is 5.91 Å². The molecule has 2 aromatic carbocycles. The molecule has 1 amide bonds. The fourth-order valence-corrected chi connectivity index (χ4v) is 2.77. The molecule has 0 aliphatic heterocycles. The van der Waals surface area contributed by atoms with Gasteiger partial charge in [-0.3, -0.25) is 4.79 Å². The molecule has 0 saturated carbocycles. The van der Waals surface area contributed by atoms with E-state index in [0.29, 0.717) is 22.0 Å². The number of nitrogens with zero attached hydrogens (tertiary/aromatic N) is 2. The van der Waals surface area contributed by atoms with Crippen LogP contribution in [0.25, 0.3) is 6.08 Å². The third-order valence-corrected chi connectivity index (χ3v) is 4.36. The van der Waals surface area contributed by atoms with Gasteiger partial charge in [0.25, 0.3) is 5.91 Å². The van der Waals surface area contributed by atoms with Crippen LogP contribution in [0.15, 0.2) is 48.0 Å². The number of anilines is 2. The molecule has 0 heterocycles. The van der Waals surface area contributed by atoms with E-state index in [4.69, 9.17) is 16.3 Å². The summed E-state index contributed by atoms with van der Waals surface area (Å²) in [6.07, 6.45) is 1.52. The van der Waals surface area contributed by atoms with Crippen LogP contribution >= 0.6 is 11.6 Å². The highest BCUT2D eigenvalue weighted by atomic mass is 35.5. The number of benzene rings is 2. The number of carbonyl (C=O) groups is 1. The summed E-state index contributed by atoms with van der Waals surface area (Å²) in [5, 5.41) is 12.7. The van der Waals surface area contributed by atoms with Gasteiger partial charge in [0.05, 0.1) is 7.11 Å². The van der Waals surface area contributed by atoms with Crippen molar-refractivity contribution >= 4 is 35.0 Å².